The molecule has 6 heteroatoms. The van der Waals surface area contributed by atoms with Gasteiger partial charge in [0.1, 0.15) is 0 Å². The molecule has 0 radical (unpaired) electrons. The van der Waals surface area contributed by atoms with Crippen LogP contribution in [0.5, 0.6) is 0 Å². The molecule has 0 fully saturated rings. The Morgan fingerprint density at radius 1 is 1.04 bits per heavy atom. The highest BCUT2D eigenvalue weighted by molar-refractivity contribution is 7.92. The number of hydrogen-bond donors (Lipinski definition) is 1. The molecule has 0 heterocycles. The maximum absolute atomic E-state index is 12.8. The van der Waals surface area contributed by atoms with Gasteiger partial charge in [-0.25, -0.2) is 8.42 Å². The van der Waals surface area contributed by atoms with Gasteiger partial charge in [0.15, 0.2) is 0 Å². The van der Waals surface area contributed by atoms with Crippen molar-refractivity contribution in [2.75, 3.05) is 11.3 Å². The van der Waals surface area contributed by atoms with Gasteiger partial charge >= 0.3 is 0 Å². The number of amides is 1. The minimum absolute atomic E-state index is 0.0677. The predicted octanol–water partition coefficient (Wildman–Crippen LogP) is 4.84. The molecule has 1 amide bonds. The van der Waals surface area contributed by atoms with Crippen molar-refractivity contribution in [3.63, 3.8) is 0 Å². The molecule has 0 aliphatic rings. The first-order valence-electron chi connectivity index (χ1n) is 9.75. The van der Waals surface area contributed by atoms with Gasteiger partial charge in [-0.05, 0) is 63.1 Å². The van der Waals surface area contributed by atoms with Crippen molar-refractivity contribution >= 4 is 21.6 Å². The molecule has 0 aliphatic carbocycles. The molecule has 0 bridgehead atoms. The van der Waals surface area contributed by atoms with E-state index >= 15 is 0 Å². The summed E-state index contributed by atoms with van der Waals surface area (Å²) in [6, 6.07) is 13.4. The second-order valence-electron chi connectivity index (χ2n) is 7.24. The second-order valence-corrected chi connectivity index (χ2v) is 8.93. The normalized spacial score (nSPS) is 11.5. The Kier molecular flexibility index (Phi) is 7.63. The third-order valence-corrected chi connectivity index (χ3v) is 6.07. The number of benzene rings is 2. The average Bonchev–Trinajstić information content (AvgIpc) is 2.66. The highest BCUT2D eigenvalue weighted by Gasteiger charge is 2.20. The topological polar surface area (TPSA) is 66.5 Å². The smallest absolute Gasteiger partial charge is 0.261 e. The zero-order valence-electron chi connectivity index (χ0n) is 17.1. The van der Waals surface area contributed by atoms with E-state index in [1.54, 1.807) is 24.3 Å². The van der Waals surface area contributed by atoms with Crippen molar-refractivity contribution in [3.8, 4) is 0 Å². The molecule has 28 heavy (non-hydrogen) atoms. The largest absolute Gasteiger partial charge is 0.336 e. The van der Waals surface area contributed by atoms with Crippen molar-refractivity contribution in [1.29, 1.82) is 0 Å². The molecule has 0 spiro atoms. The van der Waals surface area contributed by atoms with Gasteiger partial charge in [-0.15, -0.1) is 0 Å². The van der Waals surface area contributed by atoms with Crippen molar-refractivity contribution in [3.05, 3.63) is 59.7 Å². The van der Waals surface area contributed by atoms with E-state index in [0.29, 0.717) is 17.8 Å². The van der Waals surface area contributed by atoms with Gasteiger partial charge < -0.3 is 4.90 Å². The summed E-state index contributed by atoms with van der Waals surface area (Å²) in [5.41, 5.74) is 1.89. The predicted molar refractivity (Wildman–Crippen MR) is 114 cm³/mol. The maximum atomic E-state index is 12.8. The zero-order valence-corrected chi connectivity index (χ0v) is 17.9. The second kappa shape index (κ2) is 9.73. The Labute approximate surface area is 168 Å². The third-order valence-electron chi connectivity index (χ3n) is 4.69. The van der Waals surface area contributed by atoms with Crippen LogP contribution in [-0.4, -0.2) is 31.8 Å². The van der Waals surface area contributed by atoms with Gasteiger partial charge in [0, 0.05) is 18.2 Å². The van der Waals surface area contributed by atoms with Crippen LogP contribution in [0.1, 0.15) is 56.0 Å². The van der Waals surface area contributed by atoms with Crippen LogP contribution in [0.3, 0.4) is 0 Å². The number of carbonyl (C=O) groups is 1. The number of unbranched alkanes of at least 4 members (excludes halogenated alkanes) is 2. The van der Waals surface area contributed by atoms with Crippen LogP contribution >= 0.6 is 0 Å². The minimum atomic E-state index is -3.71. The monoisotopic (exact) mass is 402 g/mol. The quantitative estimate of drug-likeness (QED) is 0.611. The number of anilines is 1. The van der Waals surface area contributed by atoms with Crippen LogP contribution in [0.2, 0.25) is 0 Å². The molecule has 0 saturated carbocycles. The average molecular weight is 403 g/mol. The van der Waals surface area contributed by atoms with Crippen LogP contribution < -0.4 is 4.72 Å². The minimum Gasteiger partial charge on any atom is -0.336 e. The lowest BCUT2D eigenvalue weighted by Crippen LogP contribution is -2.37. The fourth-order valence-corrected chi connectivity index (χ4v) is 4.09. The summed E-state index contributed by atoms with van der Waals surface area (Å²) in [5.74, 6) is -0.0677. The van der Waals surface area contributed by atoms with E-state index in [0.717, 1.165) is 24.8 Å². The lowest BCUT2D eigenvalue weighted by Gasteiger charge is -2.27. The van der Waals surface area contributed by atoms with Gasteiger partial charge in [0.2, 0.25) is 0 Å². The first kappa shape index (κ1) is 22.0. The van der Waals surface area contributed by atoms with E-state index in [-0.39, 0.29) is 16.8 Å². The third kappa shape index (κ3) is 5.58. The number of sulfonamides is 1. The molecule has 2 aromatic rings. The molecule has 0 unspecified atom stereocenters. The van der Waals surface area contributed by atoms with E-state index in [1.807, 2.05) is 37.8 Å². The number of rotatable bonds is 9. The first-order chi connectivity index (χ1) is 13.3. The Hall–Kier alpha value is -2.34. The Balaban J connectivity index is 2.17. The van der Waals surface area contributed by atoms with Crippen LogP contribution in [0.25, 0.3) is 0 Å². The van der Waals surface area contributed by atoms with Crippen LogP contribution in [0.15, 0.2) is 53.4 Å². The maximum Gasteiger partial charge on any atom is 0.261 e. The van der Waals surface area contributed by atoms with Crippen LogP contribution in [0, 0.1) is 6.92 Å². The van der Waals surface area contributed by atoms with Crippen LogP contribution in [0.4, 0.5) is 5.69 Å². The van der Waals surface area contributed by atoms with Gasteiger partial charge in [-0.1, -0.05) is 38.0 Å². The fraction of sp³-hybridized carbons (Fsp3) is 0.409. The van der Waals surface area contributed by atoms with Crippen LogP contribution in [-0.2, 0) is 10.0 Å². The summed E-state index contributed by atoms with van der Waals surface area (Å²) in [5, 5.41) is 0. The summed E-state index contributed by atoms with van der Waals surface area (Å²) in [6.07, 6.45) is 3.14. The number of nitrogens with one attached hydrogen (secondary N) is 1. The Morgan fingerprint density at radius 3 is 2.25 bits per heavy atom. The van der Waals surface area contributed by atoms with Crippen molar-refractivity contribution in [1.82, 2.24) is 4.90 Å². The molecule has 1 N–H and O–H groups in total. The number of nitrogens with zero attached hydrogens (tertiary/aromatic N) is 1. The highest BCUT2D eigenvalue weighted by atomic mass is 32.2. The standard InChI is InChI=1S/C22H30N2O3S/c1-5-6-9-16-24(17(2)3)22(25)19-12-14-20(15-13-19)28(26,27)23-21-11-8-7-10-18(21)4/h7-8,10-15,17,23H,5-6,9,16H2,1-4H3. The molecule has 152 valence electrons. The molecule has 0 atom stereocenters. The molecule has 0 aromatic heterocycles. The highest BCUT2D eigenvalue weighted by Crippen LogP contribution is 2.20. The molecular formula is C22H30N2O3S. The number of carbonyl (C=O) groups excluding carboxylic acids is 1. The van der Waals surface area contributed by atoms with E-state index < -0.39 is 10.0 Å². The van der Waals surface area contributed by atoms with Gasteiger partial charge in [-0.3, -0.25) is 9.52 Å². The van der Waals surface area contributed by atoms with E-state index in [1.165, 1.54) is 12.1 Å². The van der Waals surface area contributed by atoms with Crippen molar-refractivity contribution in [2.24, 2.45) is 0 Å². The van der Waals surface area contributed by atoms with Gasteiger partial charge in [0.05, 0.1) is 10.6 Å². The summed E-state index contributed by atoms with van der Waals surface area (Å²) in [4.78, 5) is 14.8. The van der Waals surface area contributed by atoms with E-state index in [9.17, 15) is 13.2 Å². The van der Waals surface area contributed by atoms with Gasteiger partial charge in [-0.2, -0.15) is 0 Å². The summed E-state index contributed by atoms with van der Waals surface area (Å²) >= 11 is 0. The summed E-state index contributed by atoms with van der Waals surface area (Å²) in [6.45, 7) is 8.67. The Bertz CT molecular complexity index is 890. The fourth-order valence-electron chi connectivity index (χ4n) is 2.96. The summed E-state index contributed by atoms with van der Waals surface area (Å²) in [7, 11) is -3.71. The lowest BCUT2D eigenvalue weighted by atomic mass is 10.1. The molecule has 2 rings (SSSR count). The SMILES string of the molecule is CCCCCN(C(=O)c1ccc(S(=O)(=O)Nc2ccccc2C)cc1)C(C)C. The molecule has 0 aliphatic heterocycles. The number of para-hydroxylation sites is 1. The number of aryl methyl sites for hydroxylation is 1. The molecule has 0 saturated heterocycles. The number of hydrogen-bond acceptors (Lipinski definition) is 3. The Morgan fingerprint density at radius 2 is 1.68 bits per heavy atom. The zero-order chi connectivity index (χ0) is 20.7. The first-order valence-corrected chi connectivity index (χ1v) is 11.2. The molecular weight excluding hydrogens is 372 g/mol. The van der Waals surface area contributed by atoms with Gasteiger partial charge in [0.25, 0.3) is 15.9 Å². The lowest BCUT2D eigenvalue weighted by molar-refractivity contribution is 0.0702. The van der Waals surface area contributed by atoms with E-state index in [2.05, 4.69) is 11.6 Å². The van der Waals surface area contributed by atoms with E-state index in [4.69, 9.17) is 0 Å². The van der Waals surface area contributed by atoms with Crippen molar-refractivity contribution in [2.45, 2.75) is 57.9 Å². The molecule has 2 aromatic carbocycles. The van der Waals surface area contributed by atoms with Crippen molar-refractivity contribution < 1.29 is 13.2 Å². The summed E-state index contributed by atoms with van der Waals surface area (Å²) < 4.78 is 27.9. The molecule has 5 nitrogen and oxygen atoms in total.